The SMILES string of the molecule is CC(=O)c1ccccc1OCCOC(=O)c1cc(C2CC2)nc2onc(C)c12. The quantitative estimate of drug-likeness (QED) is 0.349. The fourth-order valence-electron chi connectivity index (χ4n) is 3.11. The number of aryl methyl sites for hydroxylation is 1. The molecule has 2 heterocycles. The average molecular weight is 380 g/mol. The third-order valence-corrected chi connectivity index (χ3v) is 4.69. The van der Waals surface area contributed by atoms with Gasteiger partial charge < -0.3 is 14.0 Å². The van der Waals surface area contributed by atoms with Crippen molar-refractivity contribution >= 4 is 22.9 Å². The van der Waals surface area contributed by atoms with Crippen molar-refractivity contribution in [2.45, 2.75) is 32.6 Å². The summed E-state index contributed by atoms with van der Waals surface area (Å²) in [7, 11) is 0. The van der Waals surface area contributed by atoms with Crippen LogP contribution in [0.25, 0.3) is 11.1 Å². The van der Waals surface area contributed by atoms with Crippen molar-refractivity contribution in [2.75, 3.05) is 13.2 Å². The Kier molecular flexibility index (Phi) is 4.81. The molecule has 1 fully saturated rings. The van der Waals surface area contributed by atoms with Crippen LogP contribution < -0.4 is 4.74 Å². The van der Waals surface area contributed by atoms with Gasteiger partial charge in [0.25, 0.3) is 5.71 Å². The van der Waals surface area contributed by atoms with Crippen molar-refractivity contribution < 1.29 is 23.6 Å². The van der Waals surface area contributed by atoms with Gasteiger partial charge in [0.1, 0.15) is 19.0 Å². The molecule has 1 saturated carbocycles. The number of nitrogens with zero attached hydrogens (tertiary/aromatic N) is 2. The second-order valence-electron chi connectivity index (χ2n) is 6.85. The first kappa shape index (κ1) is 18.2. The smallest absolute Gasteiger partial charge is 0.339 e. The van der Waals surface area contributed by atoms with E-state index in [2.05, 4.69) is 10.1 Å². The van der Waals surface area contributed by atoms with E-state index in [0.717, 1.165) is 18.5 Å². The normalized spacial score (nSPS) is 13.5. The molecule has 1 aliphatic rings. The standard InChI is InChI=1S/C21H20N2O5/c1-12-19-16(11-17(14-7-8-14)22-20(19)28-23-12)21(25)27-10-9-26-18-6-4-3-5-15(18)13(2)24/h3-6,11,14H,7-10H2,1-2H3. The molecular formula is C21H20N2O5. The van der Waals surface area contributed by atoms with Crippen molar-refractivity contribution in [2.24, 2.45) is 0 Å². The van der Waals surface area contributed by atoms with Crippen LogP contribution >= 0.6 is 0 Å². The second-order valence-corrected chi connectivity index (χ2v) is 6.85. The fourth-order valence-corrected chi connectivity index (χ4v) is 3.11. The summed E-state index contributed by atoms with van der Waals surface area (Å²) < 4.78 is 16.3. The zero-order valence-electron chi connectivity index (χ0n) is 15.7. The molecule has 144 valence electrons. The van der Waals surface area contributed by atoms with Gasteiger partial charge in [-0.1, -0.05) is 17.3 Å². The van der Waals surface area contributed by atoms with E-state index in [-0.39, 0.29) is 19.0 Å². The van der Waals surface area contributed by atoms with Crippen LogP contribution in [-0.4, -0.2) is 35.1 Å². The summed E-state index contributed by atoms with van der Waals surface area (Å²) in [6.07, 6.45) is 2.12. The van der Waals surface area contributed by atoms with Crippen LogP contribution in [0.1, 0.15) is 57.8 Å². The van der Waals surface area contributed by atoms with Crippen molar-refractivity contribution in [3.05, 3.63) is 52.8 Å². The van der Waals surface area contributed by atoms with Gasteiger partial charge in [0.05, 0.1) is 22.2 Å². The number of hydrogen-bond donors (Lipinski definition) is 0. The highest BCUT2D eigenvalue weighted by Crippen LogP contribution is 2.40. The van der Waals surface area contributed by atoms with Gasteiger partial charge in [-0.3, -0.25) is 4.79 Å². The number of ether oxygens (including phenoxy) is 2. The first-order valence-electron chi connectivity index (χ1n) is 9.21. The van der Waals surface area contributed by atoms with Gasteiger partial charge >= 0.3 is 5.97 Å². The number of aromatic nitrogens is 2. The fraction of sp³-hybridized carbons (Fsp3) is 0.333. The largest absolute Gasteiger partial charge is 0.489 e. The number of Topliss-reactive ketones (excluding diaryl/α,β-unsaturated/α-hetero) is 1. The van der Waals surface area contributed by atoms with Crippen molar-refractivity contribution in [3.63, 3.8) is 0 Å². The molecule has 1 aromatic carbocycles. The third kappa shape index (κ3) is 3.60. The van der Waals surface area contributed by atoms with E-state index >= 15 is 0 Å². The molecule has 0 radical (unpaired) electrons. The Hall–Kier alpha value is -3.22. The van der Waals surface area contributed by atoms with E-state index in [4.69, 9.17) is 14.0 Å². The van der Waals surface area contributed by atoms with Gasteiger partial charge in [-0.05, 0) is 44.9 Å². The molecule has 7 nitrogen and oxygen atoms in total. The van der Waals surface area contributed by atoms with Gasteiger partial charge in [0.15, 0.2) is 5.78 Å². The minimum absolute atomic E-state index is 0.0535. The maximum absolute atomic E-state index is 12.7. The Bertz CT molecular complexity index is 1050. The Balaban J connectivity index is 1.45. The van der Waals surface area contributed by atoms with E-state index < -0.39 is 5.97 Å². The predicted molar refractivity (Wildman–Crippen MR) is 101 cm³/mol. The number of carbonyl (C=O) groups is 2. The maximum atomic E-state index is 12.7. The molecule has 0 aliphatic heterocycles. The first-order valence-corrected chi connectivity index (χ1v) is 9.21. The van der Waals surface area contributed by atoms with Crippen LogP contribution in [0, 0.1) is 6.92 Å². The Morgan fingerprint density at radius 3 is 2.71 bits per heavy atom. The van der Waals surface area contributed by atoms with Crippen molar-refractivity contribution in [1.82, 2.24) is 10.1 Å². The lowest BCUT2D eigenvalue weighted by Crippen LogP contribution is -2.14. The molecule has 0 atom stereocenters. The number of benzene rings is 1. The maximum Gasteiger partial charge on any atom is 0.339 e. The Morgan fingerprint density at radius 1 is 1.18 bits per heavy atom. The molecule has 2 aromatic heterocycles. The second kappa shape index (κ2) is 7.42. The Morgan fingerprint density at radius 2 is 1.96 bits per heavy atom. The summed E-state index contributed by atoms with van der Waals surface area (Å²) in [5, 5.41) is 4.50. The summed E-state index contributed by atoms with van der Waals surface area (Å²) >= 11 is 0. The molecule has 3 aromatic rings. The number of fused-ring (bicyclic) bond motifs is 1. The summed E-state index contributed by atoms with van der Waals surface area (Å²) in [6.45, 7) is 3.44. The van der Waals surface area contributed by atoms with E-state index in [1.807, 2.05) is 0 Å². The minimum atomic E-state index is -0.468. The third-order valence-electron chi connectivity index (χ3n) is 4.69. The van der Waals surface area contributed by atoms with Gasteiger partial charge in [-0.25, -0.2) is 9.78 Å². The van der Waals surface area contributed by atoms with Crippen LogP contribution in [0.5, 0.6) is 5.75 Å². The number of hydrogen-bond acceptors (Lipinski definition) is 7. The number of esters is 1. The molecule has 0 unspecified atom stereocenters. The number of rotatable bonds is 7. The zero-order valence-corrected chi connectivity index (χ0v) is 15.7. The molecule has 0 bridgehead atoms. The lowest BCUT2D eigenvalue weighted by molar-refractivity contribution is 0.0451. The molecule has 0 saturated heterocycles. The van der Waals surface area contributed by atoms with Gasteiger partial charge in [0.2, 0.25) is 0 Å². The molecular weight excluding hydrogens is 360 g/mol. The van der Waals surface area contributed by atoms with Crippen LogP contribution in [0.15, 0.2) is 34.9 Å². The average Bonchev–Trinajstić information content (AvgIpc) is 3.48. The van der Waals surface area contributed by atoms with E-state index in [9.17, 15) is 9.59 Å². The monoisotopic (exact) mass is 380 g/mol. The highest BCUT2D eigenvalue weighted by Gasteiger charge is 2.29. The molecule has 28 heavy (non-hydrogen) atoms. The van der Waals surface area contributed by atoms with Gasteiger partial charge in [-0.2, -0.15) is 0 Å². The number of pyridine rings is 1. The van der Waals surface area contributed by atoms with Crippen LogP contribution in [0.3, 0.4) is 0 Å². The zero-order chi connectivity index (χ0) is 19.7. The topological polar surface area (TPSA) is 91.5 Å². The highest BCUT2D eigenvalue weighted by molar-refractivity contribution is 6.03. The van der Waals surface area contributed by atoms with Crippen LogP contribution in [-0.2, 0) is 4.74 Å². The van der Waals surface area contributed by atoms with E-state index in [1.165, 1.54) is 6.92 Å². The van der Waals surface area contributed by atoms with Crippen LogP contribution in [0.4, 0.5) is 0 Å². The van der Waals surface area contributed by atoms with E-state index in [1.54, 1.807) is 37.3 Å². The molecule has 0 spiro atoms. The lowest BCUT2D eigenvalue weighted by atomic mass is 10.1. The first-order chi connectivity index (χ1) is 13.5. The number of ketones is 1. The van der Waals surface area contributed by atoms with Crippen molar-refractivity contribution in [1.29, 1.82) is 0 Å². The molecule has 4 rings (SSSR count). The number of carbonyl (C=O) groups excluding carboxylic acids is 2. The molecule has 7 heteroatoms. The Labute approximate surface area is 161 Å². The summed E-state index contributed by atoms with van der Waals surface area (Å²) in [5.41, 5.74) is 2.71. The van der Waals surface area contributed by atoms with Crippen LogP contribution in [0.2, 0.25) is 0 Å². The summed E-state index contributed by atoms with van der Waals surface area (Å²) in [4.78, 5) is 28.8. The van der Waals surface area contributed by atoms with E-state index in [0.29, 0.717) is 39.6 Å². The van der Waals surface area contributed by atoms with Gasteiger partial charge in [-0.15, -0.1) is 0 Å². The predicted octanol–water partition coefficient (Wildman–Crippen LogP) is 3.85. The molecule has 1 aliphatic carbocycles. The van der Waals surface area contributed by atoms with Gasteiger partial charge in [0, 0.05) is 11.6 Å². The number of para-hydroxylation sites is 1. The lowest BCUT2D eigenvalue weighted by Gasteiger charge is -2.10. The highest BCUT2D eigenvalue weighted by atomic mass is 16.6. The molecule has 0 amide bonds. The summed E-state index contributed by atoms with van der Waals surface area (Å²) in [5.74, 6) is 0.294. The minimum Gasteiger partial charge on any atom is -0.489 e. The summed E-state index contributed by atoms with van der Waals surface area (Å²) in [6, 6.07) is 8.75. The van der Waals surface area contributed by atoms with Crippen molar-refractivity contribution in [3.8, 4) is 5.75 Å². The molecule has 0 N–H and O–H groups in total.